The van der Waals surface area contributed by atoms with Crippen LogP contribution in [0.25, 0.3) is 11.1 Å². The van der Waals surface area contributed by atoms with Gasteiger partial charge in [-0.2, -0.15) is 5.26 Å². The summed E-state index contributed by atoms with van der Waals surface area (Å²) in [6.07, 6.45) is 3.43. The van der Waals surface area contributed by atoms with Gasteiger partial charge in [0.2, 0.25) is 0 Å². The van der Waals surface area contributed by atoms with E-state index in [4.69, 9.17) is 10.00 Å². The highest BCUT2D eigenvalue weighted by molar-refractivity contribution is 5.71. The van der Waals surface area contributed by atoms with Crippen LogP contribution in [0.1, 0.15) is 11.1 Å². The lowest BCUT2D eigenvalue weighted by Crippen LogP contribution is -1.90. The Bertz CT molecular complexity index is 585. The molecular weight excluding hydrogens is 212 g/mol. The number of benzene rings is 1. The Labute approximate surface area is 100 Å². The Morgan fingerprint density at radius 2 is 2.12 bits per heavy atom. The molecule has 0 saturated carbocycles. The maximum Gasteiger partial charge on any atom is 0.129 e. The predicted octanol–water partition coefficient (Wildman–Crippen LogP) is 2.94. The summed E-state index contributed by atoms with van der Waals surface area (Å²) in [6.45, 7) is 1.97. The second-order valence-electron chi connectivity index (χ2n) is 3.78. The Hall–Kier alpha value is -2.34. The van der Waals surface area contributed by atoms with Crippen LogP contribution in [0.3, 0.4) is 0 Å². The molecule has 84 valence electrons. The number of hydrogen-bond donors (Lipinski definition) is 0. The van der Waals surface area contributed by atoms with Crippen molar-refractivity contribution in [1.29, 1.82) is 5.26 Å². The van der Waals surface area contributed by atoms with Crippen molar-refractivity contribution >= 4 is 0 Å². The summed E-state index contributed by atoms with van der Waals surface area (Å²) in [5, 5.41) is 8.96. The molecule has 1 aromatic carbocycles. The molecule has 0 aliphatic carbocycles. The normalized spacial score (nSPS) is 9.71. The van der Waals surface area contributed by atoms with Crippen molar-refractivity contribution in [2.75, 3.05) is 7.11 Å². The Morgan fingerprint density at radius 1 is 1.29 bits per heavy atom. The minimum Gasteiger partial charge on any atom is -0.496 e. The van der Waals surface area contributed by atoms with Crippen molar-refractivity contribution in [1.82, 2.24) is 4.98 Å². The topological polar surface area (TPSA) is 45.9 Å². The largest absolute Gasteiger partial charge is 0.496 e. The molecule has 0 bridgehead atoms. The molecule has 2 rings (SSSR count). The Kier molecular flexibility index (Phi) is 3.06. The predicted molar refractivity (Wildman–Crippen MR) is 65.7 cm³/mol. The molecule has 0 saturated heterocycles. The number of pyridine rings is 1. The van der Waals surface area contributed by atoms with E-state index >= 15 is 0 Å². The minimum absolute atomic E-state index is 0.644. The first-order valence-corrected chi connectivity index (χ1v) is 5.25. The molecule has 17 heavy (non-hydrogen) atoms. The first kappa shape index (κ1) is 11.2. The van der Waals surface area contributed by atoms with Gasteiger partial charge in [-0.1, -0.05) is 6.07 Å². The van der Waals surface area contributed by atoms with Gasteiger partial charge in [0, 0.05) is 18.0 Å². The average molecular weight is 224 g/mol. The summed E-state index contributed by atoms with van der Waals surface area (Å²) in [5.41, 5.74) is 3.54. The van der Waals surface area contributed by atoms with Crippen LogP contribution in [-0.4, -0.2) is 12.1 Å². The van der Waals surface area contributed by atoms with Crippen LogP contribution in [0.4, 0.5) is 0 Å². The quantitative estimate of drug-likeness (QED) is 0.787. The van der Waals surface area contributed by atoms with Crippen molar-refractivity contribution in [3.8, 4) is 22.9 Å². The standard InChI is InChI=1S/C14H12N2O/c1-10-5-11(8-15)7-12(6-10)13-9-16-4-3-14(13)17-2/h3-7,9H,1-2H3. The maximum absolute atomic E-state index is 8.96. The molecule has 0 amide bonds. The summed E-state index contributed by atoms with van der Waals surface area (Å²) >= 11 is 0. The van der Waals surface area contributed by atoms with E-state index in [1.165, 1.54) is 0 Å². The van der Waals surface area contributed by atoms with Gasteiger partial charge in [0.25, 0.3) is 0 Å². The molecule has 0 fully saturated rings. The third-order valence-corrected chi connectivity index (χ3v) is 2.52. The fourth-order valence-corrected chi connectivity index (χ4v) is 1.78. The lowest BCUT2D eigenvalue weighted by molar-refractivity contribution is 0.416. The SMILES string of the molecule is COc1ccncc1-c1cc(C)cc(C#N)c1. The van der Waals surface area contributed by atoms with Crippen LogP contribution in [0, 0.1) is 18.3 Å². The third-order valence-electron chi connectivity index (χ3n) is 2.52. The Morgan fingerprint density at radius 3 is 2.82 bits per heavy atom. The van der Waals surface area contributed by atoms with Crippen LogP contribution in [0.2, 0.25) is 0 Å². The molecule has 0 aliphatic heterocycles. The van der Waals surface area contributed by atoms with E-state index in [1.54, 1.807) is 19.5 Å². The van der Waals surface area contributed by atoms with Crippen LogP contribution >= 0.6 is 0 Å². The van der Waals surface area contributed by atoms with E-state index in [1.807, 2.05) is 31.2 Å². The lowest BCUT2D eigenvalue weighted by Gasteiger charge is -2.08. The number of aryl methyl sites for hydroxylation is 1. The smallest absolute Gasteiger partial charge is 0.129 e. The molecule has 0 spiro atoms. The van der Waals surface area contributed by atoms with E-state index in [-0.39, 0.29) is 0 Å². The summed E-state index contributed by atoms with van der Waals surface area (Å²) < 4.78 is 5.29. The second-order valence-corrected chi connectivity index (χ2v) is 3.78. The van der Waals surface area contributed by atoms with E-state index < -0.39 is 0 Å². The van der Waals surface area contributed by atoms with Gasteiger partial charge in [0.05, 0.1) is 18.7 Å². The zero-order valence-electron chi connectivity index (χ0n) is 9.77. The zero-order valence-corrected chi connectivity index (χ0v) is 9.77. The second kappa shape index (κ2) is 4.67. The molecule has 3 heteroatoms. The lowest BCUT2D eigenvalue weighted by atomic mass is 10.0. The number of methoxy groups -OCH3 is 1. The van der Waals surface area contributed by atoms with Crippen molar-refractivity contribution in [3.05, 3.63) is 47.8 Å². The molecule has 1 heterocycles. The fraction of sp³-hybridized carbons (Fsp3) is 0.143. The molecule has 0 N–H and O–H groups in total. The third kappa shape index (κ3) is 2.26. The Balaban J connectivity index is 2.60. The van der Waals surface area contributed by atoms with E-state index in [0.29, 0.717) is 5.56 Å². The fourth-order valence-electron chi connectivity index (χ4n) is 1.78. The average Bonchev–Trinajstić information content (AvgIpc) is 2.37. The number of aromatic nitrogens is 1. The van der Waals surface area contributed by atoms with Crippen molar-refractivity contribution in [2.24, 2.45) is 0 Å². The van der Waals surface area contributed by atoms with E-state index in [0.717, 1.165) is 22.4 Å². The van der Waals surface area contributed by atoms with Gasteiger partial charge >= 0.3 is 0 Å². The van der Waals surface area contributed by atoms with Gasteiger partial charge in [-0.05, 0) is 36.2 Å². The van der Waals surface area contributed by atoms with Crippen LogP contribution in [-0.2, 0) is 0 Å². The van der Waals surface area contributed by atoms with Gasteiger partial charge in [-0.3, -0.25) is 4.98 Å². The van der Waals surface area contributed by atoms with Crippen LogP contribution in [0.15, 0.2) is 36.7 Å². The number of ether oxygens (including phenoxy) is 1. The minimum atomic E-state index is 0.644. The summed E-state index contributed by atoms with van der Waals surface area (Å²) in [5.74, 6) is 0.759. The molecule has 0 aliphatic rings. The number of hydrogen-bond acceptors (Lipinski definition) is 3. The molecule has 0 unspecified atom stereocenters. The number of rotatable bonds is 2. The van der Waals surface area contributed by atoms with E-state index in [2.05, 4.69) is 11.1 Å². The molecular formula is C14H12N2O. The van der Waals surface area contributed by atoms with Crippen LogP contribution in [0.5, 0.6) is 5.75 Å². The first-order valence-electron chi connectivity index (χ1n) is 5.25. The molecule has 2 aromatic rings. The zero-order chi connectivity index (χ0) is 12.3. The van der Waals surface area contributed by atoms with Gasteiger partial charge in [0.15, 0.2) is 0 Å². The van der Waals surface area contributed by atoms with Gasteiger partial charge in [-0.25, -0.2) is 0 Å². The van der Waals surface area contributed by atoms with Crippen LogP contribution < -0.4 is 4.74 Å². The summed E-state index contributed by atoms with van der Waals surface area (Å²) in [7, 11) is 1.62. The molecule has 0 radical (unpaired) electrons. The highest BCUT2D eigenvalue weighted by Gasteiger charge is 2.07. The van der Waals surface area contributed by atoms with Crippen molar-refractivity contribution < 1.29 is 4.74 Å². The van der Waals surface area contributed by atoms with Crippen molar-refractivity contribution in [3.63, 3.8) is 0 Å². The monoisotopic (exact) mass is 224 g/mol. The number of nitrogens with zero attached hydrogens (tertiary/aromatic N) is 2. The molecule has 0 atom stereocenters. The highest BCUT2D eigenvalue weighted by Crippen LogP contribution is 2.29. The van der Waals surface area contributed by atoms with E-state index in [9.17, 15) is 0 Å². The summed E-state index contributed by atoms with van der Waals surface area (Å²) in [6, 6.07) is 9.67. The maximum atomic E-state index is 8.96. The van der Waals surface area contributed by atoms with Crippen molar-refractivity contribution in [2.45, 2.75) is 6.92 Å². The number of nitriles is 1. The first-order chi connectivity index (χ1) is 8.24. The molecule has 1 aromatic heterocycles. The van der Waals surface area contributed by atoms with Gasteiger partial charge in [0.1, 0.15) is 5.75 Å². The van der Waals surface area contributed by atoms with Gasteiger partial charge < -0.3 is 4.74 Å². The summed E-state index contributed by atoms with van der Waals surface area (Å²) in [4.78, 5) is 4.09. The van der Waals surface area contributed by atoms with Gasteiger partial charge in [-0.15, -0.1) is 0 Å². The molecule has 3 nitrogen and oxygen atoms in total. The highest BCUT2D eigenvalue weighted by atomic mass is 16.5.